The molecular weight excluding hydrogens is 402 g/mol. The Morgan fingerprint density at radius 1 is 1.35 bits per heavy atom. The predicted molar refractivity (Wildman–Crippen MR) is 115 cm³/mol. The molecule has 2 N–H and O–H groups in total. The highest BCUT2D eigenvalue weighted by molar-refractivity contribution is 5.93. The number of amides is 1. The van der Waals surface area contributed by atoms with Crippen LogP contribution < -0.4 is 20.4 Å². The summed E-state index contributed by atoms with van der Waals surface area (Å²) in [6, 6.07) is 0.796. The minimum atomic E-state index is -1.10. The van der Waals surface area contributed by atoms with Crippen molar-refractivity contribution in [2.45, 2.75) is 71.4 Å². The molecule has 1 aromatic carbocycles. The molecule has 8 heteroatoms. The van der Waals surface area contributed by atoms with Crippen LogP contribution >= 0.6 is 0 Å². The van der Waals surface area contributed by atoms with E-state index in [1.165, 1.54) is 7.11 Å². The van der Waals surface area contributed by atoms with Gasteiger partial charge in [-0.3, -0.25) is 4.79 Å². The van der Waals surface area contributed by atoms with Crippen LogP contribution in [0.25, 0.3) is 11.0 Å². The standard InChI is InChI=1S/C23H29NO7/c1-6-7-15(21(26)27)24-18(25)10-14-12(2)19-17(29-5)11-16-13(20(19)30-22(14)28)8-9-23(3,4)31-16/h11,15H,6-10H2,1-5H3,(H,24,25)(H,26,27)/t15-/m0/s1. The Balaban J connectivity index is 2.04. The van der Waals surface area contributed by atoms with E-state index in [0.717, 1.165) is 12.0 Å². The number of aryl methyl sites for hydroxylation is 2. The van der Waals surface area contributed by atoms with Crippen LogP contribution in [0, 0.1) is 6.92 Å². The van der Waals surface area contributed by atoms with Crippen molar-refractivity contribution in [3.05, 3.63) is 33.2 Å². The van der Waals surface area contributed by atoms with Gasteiger partial charge in [0, 0.05) is 11.6 Å². The van der Waals surface area contributed by atoms with Gasteiger partial charge in [0.1, 0.15) is 28.7 Å². The van der Waals surface area contributed by atoms with Gasteiger partial charge in [-0.2, -0.15) is 0 Å². The van der Waals surface area contributed by atoms with Crippen LogP contribution in [0.4, 0.5) is 0 Å². The second-order valence-corrected chi connectivity index (χ2v) is 8.54. The van der Waals surface area contributed by atoms with Gasteiger partial charge in [-0.15, -0.1) is 0 Å². The number of carbonyl (C=O) groups excluding carboxylic acids is 1. The molecule has 0 saturated heterocycles. The second-order valence-electron chi connectivity index (χ2n) is 8.54. The van der Waals surface area contributed by atoms with Crippen LogP contribution in [0.3, 0.4) is 0 Å². The molecule has 31 heavy (non-hydrogen) atoms. The molecule has 0 saturated carbocycles. The average molecular weight is 431 g/mol. The predicted octanol–water partition coefficient (Wildman–Crippen LogP) is 3.13. The normalized spacial score (nSPS) is 15.6. The van der Waals surface area contributed by atoms with E-state index in [1.807, 2.05) is 20.8 Å². The van der Waals surface area contributed by atoms with Crippen molar-refractivity contribution in [3.63, 3.8) is 0 Å². The summed E-state index contributed by atoms with van der Waals surface area (Å²) in [5, 5.41) is 12.4. The molecule has 0 unspecified atom stereocenters. The number of benzene rings is 1. The van der Waals surface area contributed by atoms with Crippen molar-refractivity contribution in [1.82, 2.24) is 5.32 Å². The van der Waals surface area contributed by atoms with Crippen LogP contribution in [0.5, 0.6) is 11.5 Å². The number of methoxy groups -OCH3 is 1. The van der Waals surface area contributed by atoms with Gasteiger partial charge in [-0.25, -0.2) is 9.59 Å². The summed E-state index contributed by atoms with van der Waals surface area (Å²) < 4.78 is 17.3. The number of ether oxygens (including phenoxy) is 2. The van der Waals surface area contributed by atoms with Gasteiger partial charge in [0.25, 0.3) is 0 Å². The van der Waals surface area contributed by atoms with Crippen molar-refractivity contribution >= 4 is 22.8 Å². The van der Waals surface area contributed by atoms with E-state index in [0.29, 0.717) is 47.3 Å². The van der Waals surface area contributed by atoms with Crippen molar-refractivity contribution in [2.24, 2.45) is 0 Å². The lowest BCUT2D eigenvalue weighted by Crippen LogP contribution is -2.42. The van der Waals surface area contributed by atoms with Gasteiger partial charge in [0.05, 0.1) is 24.5 Å². The fourth-order valence-corrected chi connectivity index (χ4v) is 4.00. The number of carboxylic acid groups (broad SMARTS) is 1. The van der Waals surface area contributed by atoms with Gasteiger partial charge in [0.15, 0.2) is 0 Å². The summed E-state index contributed by atoms with van der Waals surface area (Å²) >= 11 is 0. The van der Waals surface area contributed by atoms with Crippen LogP contribution in [0.2, 0.25) is 0 Å². The van der Waals surface area contributed by atoms with E-state index < -0.39 is 23.5 Å². The van der Waals surface area contributed by atoms with Crippen molar-refractivity contribution < 1.29 is 28.6 Å². The van der Waals surface area contributed by atoms with Gasteiger partial charge >= 0.3 is 11.6 Å². The molecule has 3 rings (SSSR count). The number of rotatable bonds is 7. The second kappa shape index (κ2) is 8.61. The molecule has 8 nitrogen and oxygen atoms in total. The van der Waals surface area contributed by atoms with Crippen molar-refractivity contribution in [2.75, 3.05) is 7.11 Å². The number of fused-ring (bicyclic) bond motifs is 3. The number of hydrogen-bond acceptors (Lipinski definition) is 6. The maximum absolute atomic E-state index is 12.8. The molecule has 1 aliphatic rings. The monoisotopic (exact) mass is 431 g/mol. The Bertz CT molecular complexity index is 1080. The van der Waals surface area contributed by atoms with Gasteiger partial charge in [-0.1, -0.05) is 13.3 Å². The summed E-state index contributed by atoms with van der Waals surface area (Å²) in [7, 11) is 1.52. The highest BCUT2D eigenvalue weighted by atomic mass is 16.5. The van der Waals surface area contributed by atoms with E-state index in [2.05, 4.69) is 5.32 Å². The minimum Gasteiger partial charge on any atom is -0.496 e. The van der Waals surface area contributed by atoms with Crippen LogP contribution in [-0.2, 0) is 22.4 Å². The van der Waals surface area contributed by atoms with Gasteiger partial charge < -0.3 is 24.3 Å². The lowest BCUT2D eigenvalue weighted by Gasteiger charge is -2.33. The summed E-state index contributed by atoms with van der Waals surface area (Å²) in [4.78, 5) is 36.6. The first kappa shape index (κ1) is 22.7. The quantitative estimate of drug-likeness (QED) is 0.647. The summed E-state index contributed by atoms with van der Waals surface area (Å²) in [5.41, 5.74) is 1.02. The smallest absolute Gasteiger partial charge is 0.340 e. The lowest BCUT2D eigenvalue weighted by atomic mass is 9.91. The van der Waals surface area contributed by atoms with Crippen LogP contribution in [0.15, 0.2) is 15.3 Å². The number of nitrogens with one attached hydrogen (secondary N) is 1. The first-order valence-corrected chi connectivity index (χ1v) is 10.4. The topological polar surface area (TPSA) is 115 Å². The highest BCUT2D eigenvalue weighted by Crippen LogP contribution is 2.43. The van der Waals surface area contributed by atoms with E-state index >= 15 is 0 Å². The largest absolute Gasteiger partial charge is 0.496 e. The molecule has 0 fully saturated rings. The summed E-state index contributed by atoms with van der Waals surface area (Å²) in [6.07, 6.45) is 2.09. The minimum absolute atomic E-state index is 0.181. The molecule has 0 aliphatic carbocycles. The number of hydrogen-bond donors (Lipinski definition) is 2. The van der Waals surface area contributed by atoms with E-state index in [-0.39, 0.29) is 17.6 Å². The fraction of sp³-hybridized carbons (Fsp3) is 0.522. The summed E-state index contributed by atoms with van der Waals surface area (Å²) in [5.74, 6) is -0.535. The molecule has 1 aromatic heterocycles. The van der Waals surface area contributed by atoms with Crippen LogP contribution in [-0.4, -0.2) is 35.7 Å². The third kappa shape index (κ3) is 4.52. The van der Waals surface area contributed by atoms with Crippen molar-refractivity contribution in [1.29, 1.82) is 0 Å². The molecule has 2 aromatic rings. The zero-order valence-electron chi connectivity index (χ0n) is 18.6. The third-order valence-electron chi connectivity index (χ3n) is 5.71. The molecule has 1 amide bonds. The Morgan fingerprint density at radius 3 is 2.68 bits per heavy atom. The van der Waals surface area contributed by atoms with Crippen molar-refractivity contribution in [3.8, 4) is 11.5 Å². The Kier molecular flexibility index (Phi) is 6.29. The van der Waals surface area contributed by atoms with Gasteiger partial charge in [-0.05, 0) is 45.6 Å². The van der Waals surface area contributed by atoms with Crippen LogP contribution in [0.1, 0.15) is 56.7 Å². The zero-order chi connectivity index (χ0) is 22.9. The highest BCUT2D eigenvalue weighted by Gasteiger charge is 2.31. The molecule has 168 valence electrons. The molecule has 0 spiro atoms. The third-order valence-corrected chi connectivity index (χ3v) is 5.71. The molecule has 0 bridgehead atoms. The zero-order valence-corrected chi connectivity index (χ0v) is 18.6. The molecule has 0 radical (unpaired) electrons. The number of carbonyl (C=O) groups is 2. The maximum Gasteiger partial charge on any atom is 0.340 e. The number of aliphatic carboxylic acids is 1. The summed E-state index contributed by atoms with van der Waals surface area (Å²) in [6.45, 7) is 7.57. The van der Waals surface area contributed by atoms with E-state index in [4.69, 9.17) is 13.9 Å². The van der Waals surface area contributed by atoms with E-state index in [9.17, 15) is 19.5 Å². The van der Waals surface area contributed by atoms with E-state index in [1.54, 1.807) is 13.0 Å². The molecule has 1 atom stereocenters. The maximum atomic E-state index is 12.8. The first-order valence-electron chi connectivity index (χ1n) is 10.4. The number of carboxylic acids is 1. The average Bonchev–Trinajstić information content (AvgIpc) is 2.68. The molecule has 1 aliphatic heterocycles. The fourth-order valence-electron chi connectivity index (χ4n) is 4.00. The Hall–Kier alpha value is -3.03. The Labute approximate surface area is 180 Å². The molecular formula is C23H29NO7. The SMILES string of the molecule is CCC[C@H](NC(=O)Cc1c(C)c2c(OC)cc3c(c2oc1=O)CCC(C)(C)O3)C(=O)O. The first-order chi connectivity index (χ1) is 14.6. The van der Waals surface area contributed by atoms with Gasteiger partial charge in [0.2, 0.25) is 5.91 Å². The Morgan fingerprint density at radius 2 is 2.06 bits per heavy atom. The molecule has 2 heterocycles. The lowest BCUT2D eigenvalue weighted by molar-refractivity contribution is -0.141.